The van der Waals surface area contributed by atoms with Gasteiger partial charge in [0.1, 0.15) is 0 Å². The van der Waals surface area contributed by atoms with Gasteiger partial charge in [-0.1, -0.05) is 25.1 Å². The standard InChI is InChI=1S/C8H9NO2.CHF3O3S/c1-2-7-5-3-4-6-8(7)9(10)11;2-1(3,4)8(5,6)7/h3-6H,2H2,1H3;(H,5,6,7)/p-1/i2D2;. The fraction of sp³-hybridized carbons (Fsp3) is 0.333. The van der Waals surface area contributed by atoms with Gasteiger partial charge in [-0.05, 0) is 6.37 Å². The summed E-state index contributed by atoms with van der Waals surface area (Å²) in [7, 11) is -6.09. The number of nitro benzene ring substituents is 1. The number of para-hydroxylation sites is 1. The van der Waals surface area contributed by atoms with Crippen LogP contribution in [-0.4, -0.2) is 23.4 Å². The maximum atomic E-state index is 10.7. The first-order valence-corrected chi connectivity index (χ1v) is 5.85. The first-order chi connectivity index (χ1) is 9.18. The van der Waals surface area contributed by atoms with E-state index >= 15 is 0 Å². The van der Waals surface area contributed by atoms with Gasteiger partial charge in [-0.25, -0.2) is 8.42 Å². The lowest BCUT2D eigenvalue weighted by molar-refractivity contribution is -0.385. The average Bonchev–Trinajstić information content (AvgIpc) is 2.26. The van der Waals surface area contributed by atoms with Crippen LogP contribution in [0.15, 0.2) is 24.3 Å². The summed E-state index contributed by atoms with van der Waals surface area (Å²) in [5.41, 5.74) is -5.71. The minimum absolute atomic E-state index is 0.111. The van der Waals surface area contributed by atoms with Crippen LogP contribution in [0, 0.1) is 10.1 Å². The summed E-state index contributed by atoms with van der Waals surface area (Å²) in [5.74, 6) is 0. The van der Waals surface area contributed by atoms with Gasteiger partial charge in [0.25, 0.3) is 5.69 Å². The van der Waals surface area contributed by atoms with E-state index in [9.17, 15) is 23.3 Å². The largest absolute Gasteiger partial charge is 0.741 e. The summed E-state index contributed by atoms with van der Waals surface area (Å²) in [6.45, 7) is 1.30. The molecule has 0 aliphatic rings. The molecule has 0 amide bonds. The monoisotopic (exact) mass is 302 g/mol. The Balaban J connectivity index is 0.000000433. The number of halogens is 3. The Hall–Kier alpha value is -1.68. The molecule has 0 bridgehead atoms. The van der Waals surface area contributed by atoms with E-state index < -0.39 is 26.9 Å². The van der Waals surface area contributed by atoms with Gasteiger partial charge in [0.15, 0.2) is 10.1 Å². The van der Waals surface area contributed by atoms with E-state index in [0.717, 1.165) is 0 Å². The zero-order valence-electron chi connectivity index (χ0n) is 11.3. The average molecular weight is 302 g/mol. The molecule has 10 heteroatoms. The minimum Gasteiger partial charge on any atom is -0.741 e. The van der Waals surface area contributed by atoms with Gasteiger partial charge >= 0.3 is 5.51 Å². The number of nitro groups is 1. The molecule has 0 aromatic heterocycles. The number of rotatable bonds is 2. The van der Waals surface area contributed by atoms with Crippen LogP contribution in [0.2, 0.25) is 0 Å². The van der Waals surface area contributed by atoms with E-state index in [4.69, 9.17) is 15.7 Å². The van der Waals surface area contributed by atoms with Gasteiger partial charge < -0.3 is 4.55 Å². The lowest BCUT2D eigenvalue weighted by Gasteiger charge is -2.08. The Bertz CT molecular complexity index is 613. The molecule has 0 fully saturated rings. The molecule has 0 N–H and O–H groups in total. The van der Waals surface area contributed by atoms with Crippen molar-refractivity contribution in [3.05, 3.63) is 39.9 Å². The Labute approximate surface area is 109 Å². The van der Waals surface area contributed by atoms with Crippen molar-refractivity contribution in [1.29, 1.82) is 0 Å². The van der Waals surface area contributed by atoms with E-state index in [1.165, 1.54) is 25.1 Å². The highest BCUT2D eigenvalue weighted by atomic mass is 32.2. The van der Waals surface area contributed by atoms with E-state index in [2.05, 4.69) is 0 Å². The molecule has 0 spiro atoms. The van der Waals surface area contributed by atoms with Crippen LogP contribution in [0.5, 0.6) is 0 Å². The van der Waals surface area contributed by atoms with Gasteiger partial charge in [0.2, 0.25) is 0 Å². The van der Waals surface area contributed by atoms with Crippen LogP contribution in [0.3, 0.4) is 0 Å². The molecule has 1 aromatic rings. The van der Waals surface area contributed by atoms with Gasteiger partial charge in [-0.3, -0.25) is 10.1 Å². The number of nitrogens with zero attached hydrogens (tertiary/aromatic N) is 1. The third-order valence-electron chi connectivity index (χ3n) is 1.65. The first kappa shape index (κ1) is 13.7. The van der Waals surface area contributed by atoms with E-state index in [1.54, 1.807) is 6.07 Å². The Morgan fingerprint density at radius 3 is 2.05 bits per heavy atom. The van der Waals surface area contributed by atoms with Crippen molar-refractivity contribution in [3.8, 4) is 0 Å². The lowest BCUT2D eigenvalue weighted by Crippen LogP contribution is -2.21. The maximum absolute atomic E-state index is 10.7. The zero-order chi connectivity index (χ0) is 17.1. The van der Waals surface area contributed by atoms with Gasteiger partial charge in [0.05, 0.1) is 4.92 Å². The molecule has 0 radical (unpaired) electrons. The quantitative estimate of drug-likeness (QED) is 0.361. The van der Waals surface area contributed by atoms with Crippen molar-refractivity contribution in [2.24, 2.45) is 0 Å². The highest BCUT2D eigenvalue weighted by Crippen LogP contribution is 2.20. The second-order valence-corrected chi connectivity index (χ2v) is 4.30. The Morgan fingerprint density at radius 1 is 1.37 bits per heavy atom. The van der Waals surface area contributed by atoms with Crippen molar-refractivity contribution >= 4 is 15.8 Å². The number of hydrogen-bond acceptors (Lipinski definition) is 5. The summed E-state index contributed by atoms with van der Waals surface area (Å²) >= 11 is 0. The molecule has 1 aromatic carbocycles. The number of benzene rings is 1. The van der Waals surface area contributed by atoms with Crippen molar-refractivity contribution in [2.75, 3.05) is 0 Å². The van der Waals surface area contributed by atoms with Gasteiger partial charge in [-0.15, -0.1) is 0 Å². The third kappa shape index (κ3) is 5.66. The number of aryl methyl sites for hydroxylation is 1. The third-order valence-corrected chi connectivity index (χ3v) is 2.22. The minimum atomic E-state index is -6.09. The maximum Gasteiger partial charge on any atom is 0.485 e. The summed E-state index contributed by atoms with van der Waals surface area (Å²) < 4.78 is 73.6. The molecule has 6 nitrogen and oxygen atoms in total. The number of hydrogen-bond donors (Lipinski definition) is 0. The van der Waals surface area contributed by atoms with Gasteiger partial charge in [0, 0.05) is 14.4 Å². The molecule has 0 saturated heterocycles. The highest BCUT2D eigenvalue weighted by Gasteiger charge is 2.36. The molecule has 0 saturated carbocycles. The summed E-state index contributed by atoms with van der Waals surface area (Å²) in [5, 5.41) is 10.5. The van der Waals surface area contributed by atoms with E-state index in [1.807, 2.05) is 0 Å². The van der Waals surface area contributed by atoms with Crippen LogP contribution < -0.4 is 0 Å². The van der Waals surface area contributed by atoms with E-state index in [-0.39, 0.29) is 11.3 Å². The van der Waals surface area contributed by atoms with Crippen molar-refractivity contribution in [1.82, 2.24) is 0 Å². The molecular weight excluding hydrogens is 291 g/mol. The smallest absolute Gasteiger partial charge is 0.485 e. The molecule has 0 unspecified atom stereocenters. The van der Waals surface area contributed by atoms with Crippen LogP contribution in [0.25, 0.3) is 0 Å². The highest BCUT2D eigenvalue weighted by molar-refractivity contribution is 7.86. The Kier molecular flexibility index (Phi) is 4.68. The summed E-state index contributed by atoms with van der Waals surface area (Å²) in [6, 6.07) is 5.84. The predicted octanol–water partition coefficient (Wildman–Crippen LogP) is 2.21. The molecule has 0 aliphatic carbocycles. The second kappa shape index (κ2) is 6.48. The Morgan fingerprint density at radius 2 is 1.79 bits per heavy atom. The fourth-order valence-electron chi connectivity index (χ4n) is 0.844. The lowest BCUT2D eigenvalue weighted by atomic mass is 10.1. The first-order valence-electron chi connectivity index (χ1n) is 5.44. The zero-order valence-corrected chi connectivity index (χ0v) is 10.2. The van der Waals surface area contributed by atoms with Crippen molar-refractivity contribution in [2.45, 2.75) is 18.8 Å². The normalized spacial score (nSPS) is 13.7. The van der Waals surface area contributed by atoms with Gasteiger partial charge in [-0.2, -0.15) is 13.2 Å². The molecule has 0 heterocycles. The van der Waals surface area contributed by atoms with Crippen molar-refractivity contribution in [3.63, 3.8) is 0 Å². The summed E-state index contributed by atoms with van der Waals surface area (Å²) in [4.78, 5) is 9.93. The van der Waals surface area contributed by atoms with Crippen LogP contribution in [-0.2, 0) is 16.5 Å². The second-order valence-electron chi connectivity index (χ2n) is 2.92. The number of alkyl halides is 3. The molecule has 0 atom stereocenters. The van der Waals surface area contributed by atoms with Crippen LogP contribution in [0.1, 0.15) is 15.2 Å². The van der Waals surface area contributed by atoms with Crippen LogP contribution >= 0.6 is 0 Å². The molecule has 0 aliphatic heterocycles. The molecular formula is C9H9F3NO5S-. The SMILES string of the molecule is O=S(=O)([O-])C(F)(F)F.[2H]C([2H])(C)c1ccccc1[N+](=O)[O-]. The van der Waals surface area contributed by atoms with Crippen molar-refractivity contribution < 1.29 is 33.8 Å². The molecule has 108 valence electrons. The fourth-order valence-corrected chi connectivity index (χ4v) is 0.844. The topological polar surface area (TPSA) is 100 Å². The molecule has 1 rings (SSSR count). The van der Waals surface area contributed by atoms with E-state index in [0.29, 0.717) is 0 Å². The predicted molar refractivity (Wildman–Crippen MR) is 58.2 cm³/mol. The van der Waals surface area contributed by atoms with Crippen LogP contribution in [0.4, 0.5) is 18.9 Å². The summed E-state index contributed by atoms with van der Waals surface area (Å²) in [6.07, 6.45) is -1.68. The molecule has 19 heavy (non-hydrogen) atoms.